The van der Waals surface area contributed by atoms with E-state index in [4.69, 9.17) is 0 Å². The first-order valence-electron chi connectivity index (χ1n) is 8.85. The number of nitrogens with zero attached hydrogens (tertiary/aromatic N) is 2. The van der Waals surface area contributed by atoms with Crippen LogP contribution in [0, 0.1) is 11.8 Å². The molecule has 2 aromatic rings. The summed E-state index contributed by atoms with van der Waals surface area (Å²) in [7, 11) is 0. The number of thioether (sulfide) groups is 1. The van der Waals surface area contributed by atoms with Gasteiger partial charge in [-0.2, -0.15) is 0 Å². The molecule has 0 saturated carbocycles. The fraction of sp³-hybridized carbons (Fsp3) is 0.286. The van der Waals surface area contributed by atoms with Crippen molar-refractivity contribution in [1.29, 1.82) is 0 Å². The number of carbonyl (C=O) groups is 2. The number of fused-ring (bicyclic) bond motifs is 1. The van der Waals surface area contributed by atoms with Crippen LogP contribution < -0.4 is 5.32 Å². The van der Waals surface area contributed by atoms with Crippen molar-refractivity contribution in [1.82, 2.24) is 9.88 Å². The molecule has 2 aliphatic heterocycles. The highest BCUT2D eigenvalue weighted by Gasteiger charge is 2.52. The lowest BCUT2D eigenvalue weighted by molar-refractivity contribution is -0.135. The van der Waals surface area contributed by atoms with Gasteiger partial charge in [-0.1, -0.05) is 18.1 Å². The van der Waals surface area contributed by atoms with Crippen LogP contribution in [0.3, 0.4) is 0 Å². The molecule has 5 nitrogen and oxygen atoms in total. The lowest BCUT2D eigenvalue weighted by Crippen LogP contribution is -2.48. The Kier molecular flexibility index (Phi) is 4.63. The van der Waals surface area contributed by atoms with Crippen molar-refractivity contribution in [2.45, 2.75) is 30.7 Å². The molecule has 0 spiro atoms. The molecule has 2 unspecified atom stereocenters. The van der Waals surface area contributed by atoms with Gasteiger partial charge in [0.15, 0.2) is 0 Å². The van der Waals surface area contributed by atoms with Gasteiger partial charge in [-0.15, -0.1) is 11.8 Å². The van der Waals surface area contributed by atoms with Gasteiger partial charge in [-0.25, -0.2) is 4.98 Å². The standard InChI is InChI=1S/C21H19N3O2S/c1-21-11-10-19(25)24(21)18(14-27-21)20(26)23-17-7-4-5-15(13-17)8-9-16-6-2-3-12-22-16/h2-7,12-13,18H,10-11,14H2,1H3,(H,23,26). The van der Waals surface area contributed by atoms with E-state index >= 15 is 0 Å². The molecule has 0 bridgehead atoms. The normalized spacial score (nSPS) is 23.5. The molecule has 1 N–H and O–H groups in total. The highest BCUT2D eigenvalue weighted by atomic mass is 32.2. The molecule has 1 aromatic carbocycles. The zero-order chi connectivity index (χ0) is 18.9. The number of rotatable bonds is 2. The largest absolute Gasteiger partial charge is 0.324 e. The summed E-state index contributed by atoms with van der Waals surface area (Å²) in [4.78, 5) is 30.7. The molecule has 136 valence electrons. The molecule has 2 fully saturated rings. The van der Waals surface area contributed by atoms with Crippen molar-refractivity contribution in [3.8, 4) is 11.8 Å². The summed E-state index contributed by atoms with van der Waals surface area (Å²) in [6.45, 7) is 2.05. The molecular formula is C21H19N3O2S. The van der Waals surface area contributed by atoms with Crippen molar-refractivity contribution in [2.24, 2.45) is 0 Å². The lowest BCUT2D eigenvalue weighted by atomic mass is 10.1. The molecule has 3 heterocycles. The first-order valence-corrected chi connectivity index (χ1v) is 9.84. The van der Waals surface area contributed by atoms with Crippen LogP contribution in [0.2, 0.25) is 0 Å². The SMILES string of the molecule is CC12CCC(=O)N1C(C(=O)Nc1cccc(C#Cc3ccccn3)c1)CS2. The molecule has 27 heavy (non-hydrogen) atoms. The fourth-order valence-electron chi connectivity index (χ4n) is 3.49. The lowest BCUT2D eigenvalue weighted by Gasteiger charge is -2.29. The number of hydrogen-bond donors (Lipinski definition) is 1. The Morgan fingerprint density at radius 3 is 3.00 bits per heavy atom. The maximum absolute atomic E-state index is 12.8. The fourth-order valence-corrected chi connectivity index (χ4v) is 4.92. The second-order valence-electron chi connectivity index (χ2n) is 6.80. The molecule has 2 saturated heterocycles. The van der Waals surface area contributed by atoms with Gasteiger partial charge in [0.1, 0.15) is 11.7 Å². The van der Waals surface area contributed by atoms with E-state index in [1.807, 2.05) is 49.4 Å². The van der Waals surface area contributed by atoms with E-state index in [1.165, 1.54) is 0 Å². The number of carbonyl (C=O) groups excluding carboxylic acids is 2. The van der Waals surface area contributed by atoms with Crippen LogP contribution in [0.15, 0.2) is 48.7 Å². The Labute approximate surface area is 162 Å². The minimum atomic E-state index is -0.418. The number of amides is 2. The summed E-state index contributed by atoms with van der Waals surface area (Å²) in [5.41, 5.74) is 2.17. The van der Waals surface area contributed by atoms with Crippen molar-refractivity contribution < 1.29 is 9.59 Å². The maximum atomic E-state index is 12.8. The van der Waals surface area contributed by atoms with Crippen LogP contribution >= 0.6 is 11.8 Å². The first kappa shape index (κ1) is 17.6. The Hall–Kier alpha value is -2.78. The van der Waals surface area contributed by atoms with Crippen molar-refractivity contribution in [3.05, 3.63) is 59.9 Å². The van der Waals surface area contributed by atoms with E-state index in [9.17, 15) is 9.59 Å². The monoisotopic (exact) mass is 377 g/mol. The van der Waals surface area contributed by atoms with Crippen LogP contribution in [0.4, 0.5) is 5.69 Å². The van der Waals surface area contributed by atoms with Crippen LogP contribution in [-0.2, 0) is 9.59 Å². The minimum absolute atomic E-state index is 0.0672. The van der Waals surface area contributed by atoms with Gasteiger partial charge < -0.3 is 10.2 Å². The predicted octanol–water partition coefficient (Wildman–Crippen LogP) is 2.87. The number of benzene rings is 1. The van der Waals surface area contributed by atoms with E-state index in [0.29, 0.717) is 23.6 Å². The molecule has 1 aromatic heterocycles. The average Bonchev–Trinajstić information content (AvgIpc) is 3.17. The number of nitrogens with one attached hydrogen (secondary N) is 1. The number of pyridine rings is 1. The molecule has 6 heteroatoms. The average molecular weight is 377 g/mol. The van der Waals surface area contributed by atoms with Crippen LogP contribution in [-0.4, -0.2) is 38.4 Å². The Bertz CT molecular complexity index is 951. The minimum Gasteiger partial charge on any atom is -0.324 e. The first-order chi connectivity index (χ1) is 13.0. The zero-order valence-electron chi connectivity index (χ0n) is 14.9. The summed E-state index contributed by atoms with van der Waals surface area (Å²) in [5.74, 6) is 6.63. The van der Waals surface area contributed by atoms with Gasteiger partial charge in [-0.05, 0) is 49.6 Å². The second kappa shape index (κ2) is 7.09. The summed E-state index contributed by atoms with van der Waals surface area (Å²) >= 11 is 1.69. The quantitative estimate of drug-likeness (QED) is 0.818. The third-order valence-electron chi connectivity index (χ3n) is 4.88. The van der Waals surface area contributed by atoms with Gasteiger partial charge >= 0.3 is 0 Å². The Balaban J connectivity index is 1.48. The number of anilines is 1. The number of hydrogen-bond acceptors (Lipinski definition) is 4. The summed E-state index contributed by atoms with van der Waals surface area (Å²) in [5, 5.41) is 2.94. The smallest absolute Gasteiger partial charge is 0.248 e. The highest BCUT2D eigenvalue weighted by molar-refractivity contribution is 8.01. The predicted molar refractivity (Wildman–Crippen MR) is 106 cm³/mol. The topological polar surface area (TPSA) is 62.3 Å². The molecular weight excluding hydrogens is 358 g/mol. The molecule has 0 radical (unpaired) electrons. The maximum Gasteiger partial charge on any atom is 0.248 e. The van der Waals surface area contributed by atoms with Crippen molar-refractivity contribution >= 4 is 29.3 Å². The van der Waals surface area contributed by atoms with Gasteiger partial charge in [0, 0.05) is 29.6 Å². The van der Waals surface area contributed by atoms with E-state index in [0.717, 1.165) is 12.0 Å². The molecule has 2 aliphatic rings. The van der Waals surface area contributed by atoms with Crippen LogP contribution in [0.5, 0.6) is 0 Å². The third-order valence-corrected chi connectivity index (χ3v) is 6.38. The summed E-state index contributed by atoms with van der Waals surface area (Å²) < 4.78 is 0. The van der Waals surface area contributed by atoms with E-state index in [2.05, 4.69) is 22.1 Å². The van der Waals surface area contributed by atoms with E-state index in [-0.39, 0.29) is 16.7 Å². The molecule has 2 amide bonds. The summed E-state index contributed by atoms with van der Waals surface area (Å²) in [6.07, 6.45) is 3.03. The van der Waals surface area contributed by atoms with Gasteiger partial charge in [0.25, 0.3) is 0 Å². The molecule has 4 rings (SSSR count). The second-order valence-corrected chi connectivity index (χ2v) is 8.30. The van der Waals surface area contributed by atoms with Gasteiger partial charge in [0.05, 0.1) is 4.87 Å². The Morgan fingerprint density at radius 2 is 2.19 bits per heavy atom. The molecule has 0 aliphatic carbocycles. The number of aromatic nitrogens is 1. The van der Waals surface area contributed by atoms with Crippen molar-refractivity contribution in [3.63, 3.8) is 0 Å². The summed E-state index contributed by atoms with van der Waals surface area (Å²) in [6, 6.07) is 12.6. The van der Waals surface area contributed by atoms with Crippen molar-refractivity contribution in [2.75, 3.05) is 11.1 Å². The van der Waals surface area contributed by atoms with E-state index in [1.54, 1.807) is 22.9 Å². The van der Waals surface area contributed by atoms with Crippen LogP contribution in [0.1, 0.15) is 31.0 Å². The Morgan fingerprint density at radius 1 is 1.30 bits per heavy atom. The highest BCUT2D eigenvalue weighted by Crippen LogP contribution is 2.47. The molecule has 2 atom stereocenters. The third kappa shape index (κ3) is 3.56. The van der Waals surface area contributed by atoms with Gasteiger partial charge in [0.2, 0.25) is 11.8 Å². The zero-order valence-corrected chi connectivity index (χ0v) is 15.8. The van der Waals surface area contributed by atoms with Gasteiger partial charge in [-0.3, -0.25) is 9.59 Å². The van der Waals surface area contributed by atoms with Crippen LogP contribution in [0.25, 0.3) is 0 Å². The van der Waals surface area contributed by atoms with E-state index < -0.39 is 6.04 Å².